The summed E-state index contributed by atoms with van der Waals surface area (Å²) in [7, 11) is 1.52. The van der Waals surface area contributed by atoms with E-state index in [1.165, 1.54) is 13.2 Å². The van der Waals surface area contributed by atoms with Crippen molar-refractivity contribution < 1.29 is 9.13 Å². The molecule has 0 bridgehead atoms. The number of hydrogen-bond acceptors (Lipinski definition) is 2. The Kier molecular flexibility index (Phi) is 4.39. The van der Waals surface area contributed by atoms with E-state index in [1.807, 2.05) is 6.07 Å². The first-order valence-corrected chi connectivity index (χ1v) is 6.23. The van der Waals surface area contributed by atoms with Crippen molar-refractivity contribution in [1.29, 1.82) is 5.26 Å². The van der Waals surface area contributed by atoms with E-state index < -0.39 is 5.82 Å². The van der Waals surface area contributed by atoms with Crippen LogP contribution in [0.25, 0.3) is 11.6 Å². The van der Waals surface area contributed by atoms with Crippen LogP contribution in [0.3, 0.4) is 0 Å². The number of nitrogens with zero attached hydrogens (tertiary/aromatic N) is 1. The Bertz CT molecular complexity index is 704. The molecule has 4 heteroatoms. The third kappa shape index (κ3) is 2.98. The third-order valence-electron chi connectivity index (χ3n) is 2.78. The molecule has 100 valence electrons. The molecule has 2 aromatic carbocycles. The molecule has 0 fully saturated rings. The minimum absolute atomic E-state index is 0.212. The molecule has 0 saturated carbocycles. The molecular weight excluding hydrogens is 277 g/mol. The number of benzene rings is 2. The number of nitriles is 1. The Morgan fingerprint density at radius 1 is 1.30 bits per heavy atom. The lowest BCUT2D eigenvalue weighted by Crippen LogP contribution is -1.90. The summed E-state index contributed by atoms with van der Waals surface area (Å²) < 4.78 is 18.9. The molecule has 0 aliphatic heterocycles. The van der Waals surface area contributed by atoms with Crippen molar-refractivity contribution >= 4 is 23.3 Å². The van der Waals surface area contributed by atoms with Crippen molar-refractivity contribution in [2.45, 2.75) is 0 Å². The lowest BCUT2D eigenvalue weighted by molar-refractivity contribution is 0.414. The minimum atomic E-state index is -0.443. The van der Waals surface area contributed by atoms with Gasteiger partial charge in [-0.2, -0.15) is 5.26 Å². The number of hydrogen-bond donors (Lipinski definition) is 0. The van der Waals surface area contributed by atoms with Gasteiger partial charge in [0.2, 0.25) is 0 Å². The van der Waals surface area contributed by atoms with Gasteiger partial charge in [-0.05, 0) is 30.3 Å². The van der Waals surface area contributed by atoms with Crippen molar-refractivity contribution in [3.8, 4) is 11.8 Å². The maximum atomic E-state index is 13.7. The molecule has 0 aromatic heterocycles. The van der Waals surface area contributed by atoms with Crippen LogP contribution in [0, 0.1) is 17.1 Å². The zero-order chi connectivity index (χ0) is 14.5. The number of ether oxygens (including phenoxy) is 1. The Hall–Kier alpha value is -2.31. The molecule has 0 aliphatic carbocycles. The monoisotopic (exact) mass is 287 g/mol. The fourth-order valence-electron chi connectivity index (χ4n) is 1.82. The average molecular weight is 288 g/mol. The Labute approximate surface area is 121 Å². The van der Waals surface area contributed by atoms with Crippen molar-refractivity contribution in [3.63, 3.8) is 0 Å². The van der Waals surface area contributed by atoms with Crippen LogP contribution in [0.2, 0.25) is 5.02 Å². The van der Waals surface area contributed by atoms with Crippen LogP contribution < -0.4 is 4.74 Å². The number of rotatable bonds is 3. The van der Waals surface area contributed by atoms with Gasteiger partial charge in [0.1, 0.15) is 11.6 Å². The maximum absolute atomic E-state index is 13.7. The standard InChI is InChI=1S/C16H11ClFNO/c1-20-16-7-6-13(17)9-11(16)8-12(10-19)14-4-2-3-5-15(14)18/h2-9H,1H3/b12-8+. The topological polar surface area (TPSA) is 33.0 Å². The van der Waals surface area contributed by atoms with Crippen LogP contribution in [0.4, 0.5) is 4.39 Å². The molecule has 0 spiro atoms. The van der Waals surface area contributed by atoms with Gasteiger partial charge in [-0.1, -0.05) is 29.8 Å². The molecule has 20 heavy (non-hydrogen) atoms. The largest absolute Gasteiger partial charge is 0.496 e. The van der Waals surface area contributed by atoms with Gasteiger partial charge in [0.25, 0.3) is 0 Å². The van der Waals surface area contributed by atoms with Gasteiger partial charge in [-0.25, -0.2) is 4.39 Å². The van der Waals surface area contributed by atoms with Gasteiger partial charge in [-0.3, -0.25) is 0 Å². The molecule has 0 unspecified atom stereocenters. The quantitative estimate of drug-likeness (QED) is 0.613. The summed E-state index contributed by atoms with van der Waals surface area (Å²) >= 11 is 5.94. The van der Waals surface area contributed by atoms with Crippen LogP contribution in [0.15, 0.2) is 42.5 Å². The minimum Gasteiger partial charge on any atom is -0.496 e. The van der Waals surface area contributed by atoms with E-state index in [0.29, 0.717) is 16.3 Å². The summed E-state index contributed by atoms with van der Waals surface area (Å²) in [4.78, 5) is 0. The second-order valence-electron chi connectivity index (χ2n) is 4.04. The van der Waals surface area contributed by atoms with Crippen molar-refractivity contribution in [2.75, 3.05) is 7.11 Å². The smallest absolute Gasteiger partial charge is 0.131 e. The zero-order valence-corrected chi connectivity index (χ0v) is 11.5. The van der Waals surface area contributed by atoms with Gasteiger partial charge in [0.05, 0.1) is 18.8 Å². The highest BCUT2D eigenvalue weighted by Crippen LogP contribution is 2.28. The molecule has 0 atom stereocenters. The van der Waals surface area contributed by atoms with E-state index in [1.54, 1.807) is 42.5 Å². The number of methoxy groups -OCH3 is 1. The first-order chi connectivity index (χ1) is 9.65. The maximum Gasteiger partial charge on any atom is 0.131 e. The predicted molar refractivity (Wildman–Crippen MR) is 77.9 cm³/mol. The summed E-state index contributed by atoms with van der Waals surface area (Å²) in [5.41, 5.74) is 1.08. The molecule has 0 aliphatic rings. The lowest BCUT2D eigenvalue weighted by Gasteiger charge is -2.06. The first kappa shape index (κ1) is 14.1. The summed E-state index contributed by atoms with van der Waals surface area (Å²) in [6.45, 7) is 0. The van der Waals surface area contributed by atoms with Gasteiger partial charge in [0.15, 0.2) is 0 Å². The first-order valence-electron chi connectivity index (χ1n) is 5.86. The van der Waals surface area contributed by atoms with Crippen LogP contribution in [-0.4, -0.2) is 7.11 Å². The van der Waals surface area contributed by atoms with Crippen LogP contribution >= 0.6 is 11.6 Å². The Morgan fingerprint density at radius 3 is 2.70 bits per heavy atom. The molecule has 0 saturated heterocycles. The van der Waals surface area contributed by atoms with Crippen molar-refractivity contribution in [2.24, 2.45) is 0 Å². The number of halogens is 2. The Balaban J connectivity index is 2.56. The summed E-state index contributed by atoms with van der Waals surface area (Å²) in [5, 5.41) is 9.76. The highest BCUT2D eigenvalue weighted by atomic mass is 35.5. The van der Waals surface area contributed by atoms with E-state index in [-0.39, 0.29) is 11.1 Å². The molecule has 2 aromatic rings. The molecule has 0 radical (unpaired) electrons. The van der Waals surface area contributed by atoms with E-state index in [2.05, 4.69) is 0 Å². The SMILES string of the molecule is COc1ccc(Cl)cc1/C=C(\C#N)c1ccccc1F. The highest BCUT2D eigenvalue weighted by molar-refractivity contribution is 6.30. The summed E-state index contributed by atoms with van der Waals surface area (Å²) in [5.74, 6) is 0.125. The highest BCUT2D eigenvalue weighted by Gasteiger charge is 2.09. The average Bonchev–Trinajstić information content (AvgIpc) is 2.46. The van der Waals surface area contributed by atoms with Crippen molar-refractivity contribution in [1.82, 2.24) is 0 Å². The van der Waals surface area contributed by atoms with E-state index in [9.17, 15) is 9.65 Å². The van der Waals surface area contributed by atoms with Crippen LogP contribution in [-0.2, 0) is 0 Å². The molecule has 0 amide bonds. The van der Waals surface area contributed by atoms with Gasteiger partial charge >= 0.3 is 0 Å². The van der Waals surface area contributed by atoms with Gasteiger partial charge in [0, 0.05) is 16.1 Å². The molecule has 0 N–H and O–H groups in total. The lowest BCUT2D eigenvalue weighted by atomic mass is 10.0. The molecule has 0 heterocycles. The molecule has 2 rings (SSSR count). The third-order valence-corrected chi connectivity index (χ3v) is 3.01. The van der Waals surface area contributed by atoms with Crippen LogP contribution in [0.5, 0.6) is 5.75 Å². The second-order valence-corrected chi connectivity index (χ2v) is 4.47. The van der Waals surface area contributed by atoms with E-state index in [0.717, 1.165) is 0 Å². The van der Waals surface area contributed by atoms with Crippen molar-refractivity contribution in [3.05, 3.63) is 64.4 Å². The van der Waals surface area contributed by atoms with E-state index >= 15 is 0 Å². The second kappa shape index (κ2) is 6.23. The van der Waals surface area contributed by atoms with E-state index in [4.69, 9.17) is 16.3 Å². The van der Waals surface area contributed by atoms with Gasteiger partial charge in [-0.15, -0.1) is 0 Å². The summed E-state index contributed by atoms with van der Waals surface area (Å²) in [6.07, 6.45) is 1.56. The Morgan fingerprint density at radius 2 is 2.05 bits per heavy atom. The predicted octanol–water partition coefficient (Wildman–Crippen LogP) is 4.55. The number of allylic oxidation sites excluding steroid dienone is 1. The fourth-order valence-corrected chi connectivity index (χ4v) is 2.00. The normalized spacial score (nSPS) is 11.0. The van der Waals surface area contributed by atoms with Crippen LogP contribution in [0.1, 0.15) is 11.1 Å². The summed E-state index contributed by atoms with van der Waals surface area (Å²) in [6, 6.07) is 13.2. The molecule has 2 nitrogen and oxygen atoms in total. The zero-order valence-electron chi connectivity index (χ0n) is 10.7. The molecular formula is C16H11ClFNO. The van der Waals surface area contributed by atoms with Gasteiger partial charge < -0.3 is 4.74 Å². The fraction of sp³-hybridized carbons (Fsp3) is 0.0625.